The van der Waals surface area contributed by atoms with Crippen LogP contribution < -0.4 is 4.74 Å². The summed E-state index contributed by atoms with van der Waals surface area (Å²) >= 11 is 0. The number of benzene rings is 1. The fourth-order valence-corrected chi connectivity index (χ4v) is 3.25. The van der Waals surface area contributed by atoms with E-state index in [1.54, 1.807) is 7.11 Å². The zero-order chi connectivity index (χ0) is 11.8. The molecule has 1 aliphatic carbocycles. The van der Waals surface area contributed by atoms with E-state index in [0.717, 1.165) is 24.2 Å². The van der Waals surface area contributed by atoms with Gasteiger partial charge >= 0.3 is 0 Å². The van der Waals surface area contributed by atoms with Gasteiger partial charge in [-0.25, -0.2) is 0 Å². The minimum Gasteiger partial charge on any atom is -0.496 e. The predicted molar refractivity (Wildman–Crippen MR) is 64.8 cm³/mol. The van der Waals surface area contributed by atoms with Crippen LogP contribution in [-0.2, 0) is 5.41 Å². The highest BCUT2D eigenvalue weighted by Crippen LogP contribution is 2.56. The van der Waals surface area contributed by atoms with Crippen LogP contribution in [0.15, 0.2) is 24.3 Å². The van der Waals surface area contributed by atoms with Gasteiger partial charge in [-0.1, -0.05) is 32.0 Å². The number of aliphatic hydroxyl groups is 1. The molecule has 16 heavy (non-hydrogen) atoms. The van der Waals surface area contributed by atoms with Crippen LogP contribution in [0.2, 0.25) is 0 Å². The molecule has 1 N–H and O–H groups in total. The largest absolute Gasteiger partial charge is 0.496 e. The smallest absolute Gasteiger partial charge is 0.122 e. The SMILES string of the molecule is COc1ccccc1C1(CO)CC(C)(C)C1. The van der Waals surface area contributed by atoms with Crippen LogP contribution in [0, 0.1) is 5.41 Å². The number of hydrogen-bond acceptors (Lipinski definition) is 2. The molecule has 0 atom stereocenters. The molecule has 2 nitrogen and oxygen atoms in total. The van der Waals surface area contributed by atoms with Crippen molar-refractivity contribution in [2.24, 2.45) is 5.41 Å². The summed E-state index contributed by atoms with van der Waals surface area (Å²) in [4.78, 5) is 0. The standard InChI is InChI=1S/C14H20O2/c1-13(2)8-14(9-13,10-15)11-6-4-5-7-12(11)16-3/h4-7,15H,8-10H2,1-3H3. The van der Waals surface area contributed by atoms with Crippen molar-refractivity contribution in [1.29, 1.82) is 0 Å². The summed E-state index contributed by atoms with van der Waals surface area (Å²) in [5.74, 6) is 0.895. The molecule has 1 aromatic rings. The summed E-state index contributed by atoms with van der Waals surface area (Å²) in [5.41, 5.74) is 1.40. The molecule has 2 rings (SSSR count). The topological polar surface area (TPSA) is 29.5 Å². The maximum absolute atomic E-state index is 9.69. The Balaban J connectivity index is 2.35. The molecule has 0 aliphatic heterocycles. The van der Waals surface area contributed by atoms with E-state index in [1.165, 1.54) is 0 Å². The summed E-state index contributed by atoms with van der Waals surface area (Å²) in [6.45, 7) is 4.70. The zero-order valence-corrected chi connectivity index (χ0v) is 10.3. The lowest BCUT2D eigenvalue weighted by atomic mass is 9.52. The molecule has 1 saturated carbocycles. The van der Waals surface area contributed by atoms with Gasteiger partial charge in [-0.15, -0.1) is 0 Å². The van der Waals surface area contributed by atoms with Crippen LogP contribution in [0.1, 0.15) is 32.3 Å². The lowest BCUT2D eigenvalue weighted by Crippen LogP contribution is -2.49. The minimum absolute atomic E-state index is 0.0872. The van der Waals surface area contributed by atoms with E-state index in [-0.39, 0.29) is 12.0 Å². The van der Waals surface area contributed by atoms with Gasteiger partial charge in [0.1, 0.15) is 5.75 Å². The summed E-state index contributed by atoms with van der Waals surface area (Å²) in [6.07, 6.45) is 2.05. The van der Waals surface area contributed by atoms with Crippen LogP contribution in [-0.4, -0.2) is 18.8 Å². The molecule has 0 aromatic heterocycles. The Kier molecular flexibility index (Phi) is 2.70. The Hall–Kier alpha value is -1.02. The van der Waals surface area contributed by atoms with Gasteiger partial charge in [0.2, 0.25) is 0 Å². The molecule has 0 radical (unpaired) electrons. The molecule has 1 aromatic carbocycles. The van der Waals surface area contributed by atoms with Crippen molar-refractivity contribution in [2.45, 2.75) is 32.1 Å². The van der Waals surface area contributed by atoms with Crippen molar-refractivity contribution < 1.29 is 9.84 Å². The molecule has 0 unspecified atom stereocenters. The molecule has 1 fully saturated rings. The minimum atomic E-state index is -0.0872. The third-order valence-electron chi connectivity index (χ3n) is 3.61. The maximum atomic E-state index is 9.69. The van der Waals surface area contributed by atoms with Crippen molar-refractivity contribution >= 4 is 0 Å². The monoisotopic (exact) mass is 220 g/mol. The summed E-state index contributed by atoms with van der Waals surface area (Å²) in [7, 11) is 1.69. The molecule has 0 heterocycles. The van der Waals surface area contributed by atoms with Crippen molar-refractivity contribution in [3.8, 4) is 5.75 Å². The summed E-state index contributed by atoms with van der Waals surface area (Å²) < 4.78 is 5.39. The Morgan fingerprint density at radius 3 is 2.38 bits per heavy atom. The lowest BCUT2D eigenvalue weighted by Gasteiger charge is -2.53. The van der Waals surface area contributed by atoms with Gasteiger partial charge in [0.25, 0.3) is 0 Å². The van der Waals surface area contributed by atoms with Gasteiger partial charge < -0.3 is 9.84 Å². The van der Waals surface area contributed by atoms with E-state index in [1.807, 2.05) is 18.2 Å². The molecule has 0 saturated heterocycles. The average molecular weight is 220 g/mol. The quantitative estimate of drug-likeness (QED) is 0.848. The number of methoxy groups -OCH3 is 1. The first-order valence-corrected chi connectivity index (χ1v) is 5.77. The molecule has 88 valence electrons. The van der Waals surface area contributed by atoms with Crippen LogP contribution in [0.5, 0.6) is 5.75 Å². The molecular weight excluding hydrogens is 200 g/mol. The van der Waals surface area contributed by atoms with Gasteiger partial charge in [-0.05, 0) is 24.3 Å². The highest BCUT2D eigenvalue weighted by atomic mass is 16.5. The normalized spacial score (nSPS) is 21.2. The highest BCUT2D eigenvalue weighted by Gasteiger charge is 2.50. The van der Waals surface area contributed by atoms with Crippen LogP contribution in [0.4, 0.5) is 0 Å². The van der Waals surface area contributed by atoms with Crippen LogP contribution in [0.3, 0.4) is 0 Å². The van der Waals surface area contributed by atoms with E-state index in [2.05, 4.69) is 19.9 Å². The predicted octanol–water partition coefficient (Wildman–Crippen LogP) is 2.75. The van der Waals surface area contributed by atoms with Gasteiger partial charge in [-0.3, -0.25) is 0 Å². The second-order valence-corrected chi connectivity index (χ2v) is 5.66. The fourth-order valence-electron chi connectivity index (χ4n) is 3.25. The molecule has 0 spiro atoms. The number of hydrogen-bond donors (Lipinski definition) is 1. The zero-order valence-electron chi connectivity index (χ0n) is 10.3. The second-order valence-electron chi connectivity index (χ2n) is 5.66. The van der Waals surface area contributed by atoms with E-state index in [4.69, 9.17) is 4.74 Å². The number of rotatable bonds is 3. The van der Waals surface area contributed by atoms with Gasteiger partial charge in [0.05, 0.1) is 13.7 Å². The molecule has 0 bridgehead atoms. The van der Waals surface area contributed by atoms with Crippen molar-refractivity contribution in [2.75, 3.05) is 13.7 Å². The maximum Gasteiger partial charge on any atom is 0.122 e. The summed E-state index contributed by atoms with van der Waals surface area (Å²) in [5, 5.41) is 9.69. The van der Waals surface area contributed by atoms with E-state index < -0.39 is 0 Å². The lowest BCUT2D eigenvalue weighted by molar-refractivity contribution is 0.00805. The number of ether oxygens (including phenoxy) is 1. The first-order chi connectivity index (χ1) is 7.53. The third-order valence-corrected chi connectivity index (χ3v) is 3.61. The fraction of sp³-hybridized carbons (Fsp3) is 0.571. The first-order valence-electron chi connectivity index (χ1n) is 5.77. The number of para-hydroxylation sites is 1. The Morgan fingerprint density at radius 2 is 1.88 bits per heavy atom. The third kappa shape index (κ3) is 1.71. The van der Waals surface area contributed by atoms with E-state index in [9.17, 15) is 5.11 Å². The van der Waals surface area contributed by atoms with Crippen molar-refractivity contribution in [3.63, 3.8) is 0 Å². The molecule has 2 heteroatoms. The summed E-state index contributed by atoms with van der Waals surface area (Å²) in [6, 6.07) is 8.03. The number of aliphatic hydroxyl groups excluding tert-OH is 1. The molecule has 1 aliphatic rings. The first kappa shape index (κ1) is 11.5. The Bertz CT molecular complexity index is 374. The average Bonchev–Trinajstić information content (AvgIpc) is 2.25. The highest BCUT2D eigenvalue weighted by molar-refractivity contribution is 5.42. The van der Waals surface area contributed by atoms with Crippen LogP contribution >= 0.6 is 0 Å². The van der Waals surface area contributed by atoms with E-state index in [0.29, 0.717) is 5.41 Å². The van der Waals surface area contributed by atoms with E-state index >= 15 is 0 Å². The van der Waals surface area contributed by atoms with Gasteiger partial charge in [-0.2, -0.15) is 0 Å². The molecule has 0 amide bonds. The van der Waals surface area contributed by atoms with Gasteiger partial charge in [0.15, 0.2) is 0 Å². The second kappa shape index (κ2) is 3.77. The van der Waals surface area contributed by atoms with Crippen LogP contribution in [0.25, 0.3) is 0 Å². The Labute approximate surface area is 97.3 Å². The van der Waals surface area contributed by atoms with Gasteiger partial charge in [0, 0.05) is 11.0 Å². The van der Waals surface area contributed by atoms with Crippen molar-refractivity contribution in [1.82, 2.24) is 0 Å². The Morgan fingerprint density at radius 1 is 1.25 bits per heavy atom. The van der Waals surface area contributed by atoms with Crippen molar-refractivity contribution in [3.05, 3.63) is 29.8 Å². The molecular formula is C14H20O2.